The van der Waals surface area contributed by atoms with Crippen molar-refractivity contribution in [3.8, 4) is 0 Å². The number of imide groups is 1. The van der Waals surface area contributed by atoms with Crippen LogP contribution in [-0.4, -0.2) is 31.1 Å². The second-order valence-electron chi connectivity index (χ2n) is 5.10. The summed E-state index contributed by atoms with van der Waals surface area (Å²) in [6.07, 6.45) is 3.76. The molecule has 0 saturated heterocycles. The maximum atomic E-state index is 11.9. The molecular formula is C14H19ClN3O2S+. The van der Waals surface area contributed by atoms with Crippen molar-refractivity contribution in [2.45, 2.75) is 25.4 Å². The third-order valence-corrected chi connectivity index (χ3v) is 4.29. The largest absolute Gasteiger partial charge is 0.335 e. The number of nitrogens with one attached hydrogen (secondary N) is 3. The van der Waals surface area contributed by atoms with Crippen molar-refractivity contribution in [3.63, 3.8) is 0 Å². The number of amides is 3. The molecule has 1 atom stereocenters. The van der Waals surface area contributed by atoms with Crippen LogP contribution in [0.25, 0.3) is 0 Å². The Morgan fingerprint density at radius 2 is 2.24 bits per heavy atom. The van der Waals surface area contributed by atoms with E-state index in [1.807, 2.05) is 12.1 Å². The minimum absolute atomic E-state index is 0.222. The Labute approximate surface area is 133 Å². The summed E-state index contributed by atoms with van der Waals surface area (Å²) in [5.74, 6) is -0.285. The quantitative estimate of drug-likeness (QED) is 0.653. The number of thiophene rings is 1. The first-order chi connectivity index (χ1) is 10.1. The fourth-order valence-electron chi connectivity index (χ4n) is 1.95. The van der Waals surface area contributed by atoms with Crippen molar-refractivity contribution in [2.75, 3.05) is 13.1 Å². The van der Waals surface area contributed by atoms with E-state index in [0.717, 1.165) is 27.0 Å². The molecule has 3 N–H and O–H groups in total. The number of halogens is 1. The van der Waals surface area contributed by atoms with Crippen LogP contribution in [0.1, 0.15) is 17.7 Å². The molecule has 2 rings (SSSR count). The van der Waals surface area contributed by atoms with Gasteiger partial charge in [-0.25, -0.2) is 4.79 Å². The molecule has 1 fully saturated rings. The van der Waals surface area contributed by atoms with E-state index in [2.05, 4.69) is 17.2 Å². The van der Waals surface area contributed by atoms with Crippen molar-refractivity contribution in [1.29, 1.82) is 0 Å². The third kappa shape index (κ3) is 5.87. The van der Waals surface area contributed by atoms with Gasteiger partial charge in [0.15, 0.2) is 6.54 Å². The Balaban J connectivity index is 1.81. The van der Waals surface area contributed by atoms with Gasteiger partial charge in [-0.1, -0.05) is 18.2 Å². The summed E-state index contributed by atoms with van der Waals surface area (Å²) in [4.78, 5) is 25.5. The topological polar surface area (TPSA) is 62.6 Å². The molecule has 1 aromatic heterocycles. The molecule has 0 aliphatic heterocycles. The molecule has 114 valence electrons. The average Bonchev–Trinajstić information content (AvgIpc) is 3.11. The van der Waals surface area contributed by atoms with Gasteiger partial charge in [0.25, 0.3) is 5.91 Å². The summed E-state index contributed by atoms with van der Waals surface area (Å²) in [6.45, 7) is 5.26. The lowest BCUT2D eigenvalue weighted by molar-refractivity contribution is -0.899. The highest BCUT2D eigenvalue weighted by atomic mass is 35.5. The molecule has 21 heavy (non-hydrogen) atoms. The molecule has 0 bridgehead atoms. The molecule has 1 aromatic rings. The van der Waals surface area contributed by atoms with Gasteiger partial charge in [-0.15, -0.1) is 11.3 Å². The lowest BCUT2D eigenvalue weighted by Crippen LogP contribution is -3.11. The highest BCUT2D eigenvalue weighted by Gasteiger charge is 2.24. The zero-order valence-electron chi connectivity index (χ0n) is 11.7. The van der Waals surface area contributed by atoms with Crippen LogP contribution in [0, 0.1) is 0 Å². The Bertz CT molecular complexity index is 528. The van der Waals surface area contributed by atoms with Gasteiger partial charge >= 0.3 is 6.03 Å². The molecule has 1 unspecified atom stereocenters. The van der Waals surface area contributed by atoms with Gasteiger partial charge in [0, 0.05) is 6.04 Å². The summed E-state index contributed by atoms with van der Waals surface area (Å²) in [5, 5.41) is 5.09. The third-order valence-electron chi connectivity index (χ3n) is 3.06. The van der Waals surface area contributed by atoms with Crippen LogP contribution in [0.3, 0.4) is 0 Å². The number of hydrogen-bond donors (Lipinski definition) is 3. The molecule has 1 heterocycles. The molecule has 1 saturated carbocycles. The predicted molar refractivity (Wildman–Crippen MR) is 83.6 cm³/mol. The monoisotopic (exact) mass is 328 g/mol. The second-order valence-corrected chi connectivity index (χ2v) is 6.90. The fraction of sp³-hybridized carbons (Fsp3) is 0.429. The van der Waals surface area contributed by atoms with E-state index < -0.39 is 6.03 Å². The average molecular weight is 329 g/mol. The summed E-state index contributed by atoms with van der Waals surface area (Å²) in [5.41, 5.74) is 0. The van der Waals surface area contributed by atoms with E-state index in [1.54, 1.807) is 6.08 Å². The standard InChI is InChI=1S/C14H18ClN3O2S/c1-2-7-18(8-11-5-6-12(15)21-11)9-13(19)17-14(20)16-10-3-4-10/h2,5-6,10H,1,3-4,7-9H2,(H2,16,17,19,20)/p+1. The fourth-order valence-corrected chi connectivity index (χ4v) is 3.11. The minimum Gasteiger partial charge on any atom is -0.335 e. The number of hydrogen-bond acceptors (Lipinski definition) is 3. The van der Waals surface area contributed by atoms with Crippen molar-refractivity contribution in [2.24, 2.45) is 0 Å². The van der Waals surface area contributed by atoms with Crippen LogP contribution in [0.5, 0.6) is 0 Å². The highest BCUT2D eigenvalue weighted by Crippen LogP contribution is 2.20. The minimum atomic E-state index is -0.403. The number of quaternary nitrogens is 1. The van der Waals surface area contributed by atoms with Gasteiger partial charge in [-0.3, -0.25) is 10.1 Å². The molecule has 1 aliphatic rings. The SMILES string of the molecule is C=CC[NH+](CC(=O)NC(=O)NC1CC1)Cc1ccc(Cl)s1. The first kappa shape index (κ1) is 16.0. The van der Waals surface area contributed by atoms with Crippen LogP contribution in [-0.2, 0) is 11.3 Å². The van der Waals surface area contributed by atoms with E-state index in [0.29, 0.717) is 13.1 Å². The van der Waals surface area contributed by atoms with Crippen molar-refractivity contribution < 1.29 is 14.5 Å². The number of rotatable bonds is 7. The van der Waals surface area contributed by atoms with Gasteiger partial charge in [-0.2, -0.15) is 0 Å². The van der Waals surface area contributed by atoms with Crippen LogP contribution in [0.2, 0.25) is 4.34 Å². The van der Waals surface area contributed by atoms with E-state index in [9.17, 15) is 9.59 Å². The molecule has 0 radical (unpaired) electrons. The van der Waals surface area contributed by atoms with Gasteiger partial charge in [0.05, 0.1) is 15.8 Å². The summed E-state index contributed by atoms with van der Waals surface area (Å²) < 4.78 is 0.733. The van der Waals surface area contributed by atoms with Gasteiger partial charge in [0.1, 0.15) is 6.54 Å². The Morgan fingerprint density at radius 3 is 2.81 bits per heavy atom. The van der Waals surface area contributed by atoms with E-state index >= 15 is 0 Å². The van der Waals surface area contributed by atoms with Crippen molar-refractivity contribution in [3.05, 3.63) is 34.0 Å². The van der Waals surface area contributed by atoms with Crippen molar-refractivity contribution in [1.82, 2.24) is 10.6 Å². The molecule has 1 aliphatic carbocycles. The molecule has 0 aromatic carbocycles. The van der Waals surface area contributed by atoms with Crippen LogP contribution < -0.4 is 15.5 Å². The summed E-state index contributed by atoms with van der Waals surface area (Å²) in [6, 6.07) is 3.63. The number of carbonyl (C=O) groups is 2. The first-order valence-electron chi connectivity index (χ1n) is 6.86. The molecule has 5 nitrogen and oxygen atoms in total. The Kier molecular flexibility index (Phi) is 5.78. The zero-order chi connectivity index (χ0) is 15.2. The van der Waals surface area contributed by atoms with Crippen molar-refractivity contribution >= 4 is 34.9 Å². The number of carbonyl (C=O) groups excluding carboxylic acids is 2. The summed E-state index contributed by atoms with van der Waals surface area (Å²) >= 11 is 7.41. The maximum Gasteiger partial charge on any atom is 0.321 e. The van der Waals surface area contributed by atoms with Crippen LogP contribution >= 0.6 is 22.9 Å². The Hall–Kier alpha value is -1.37. The molecule has 0 spiro atoms. The highest BCUT2D eigenvalue weighted by molar-refractivity contribution is 7.16. The lowest BCUT2D eigenvalue weighted by atomic mass is 10.3. The van der Waals surface area contributed by atoms with E-state index in [-0.39, 0.29) is 18.5 Å². The number of urea groups is 1. The second kappa shape index (κ2) is 7.59. The van der Waals surface area contributed by atoms with Gasteiger partial charge < -0.3 is 10.2 Å². The zero-order valence-corrected chi connectivity index (χ0v) is 13.2. The molecule has 7 heteroatoms. The molecular weight excluding hydrogens is 310 g/mol. The predicted octanol–water partition coefficient (Wildman–Crippen LogP) is 0.961. The normalized spacial score (nSPS) is 15.3. The van der Waals surface area contributed by atoms with E-state index in [4.69, 9.17) is 11.6 Å². The smallest absolute Gasteiger partial charge is 0.321 e. The Morgan fingerprint density at radius 1 is 1.48 bits per heavy atom. The van der Waals surface area contributed by atoms with Gasteiger partial charge in [-0.05, 0) is 31.1 Å². The summed E-state index contributed by atoms with van der Waals surface area (Å²) in [7, 11) is 0. The van der Waals surface area contributed by atoms with Crippen LogP contribution in [0.4, 0.5) is 4.79 Å². The lowest BCUT2D eigenvalue weighted by Gasteiger charge is -2.16. The first-order valence-corrected chi connectivity index (χ1v) is 8.05. The van der Waals surface area contributed by atoms with Gasteiger partial charge in [0.2, 0.25) is 0 Å². The van der Waals surface area contributed by atoms with E-state index in [1.165, 1.54) is 11.3 Å². The molecule has 3 amide bonds. The van der Waals surface area contributed by atoms with Crippen LogP contribution in [0.15, 0.2) is 24.8 Å². The maximum absolute atomic E-state index is 11.9.